The molecule has 0 saturated heterocycles. The van der Waals surface area contributed by atoms with E-state index in [-0.39, 0.29) is 11.7 Å². The largest absolute Gasteiger partial charge is 0.347 e. The monoisotopic (exact) mass is 375 g/mol. The van der Waals surface area contributed by atoms with Crippen LogP contribution in [0.2, 0.25) is 0 Å². The Labute approximate surface area is 122 Å². The number of thiophene rings is 1. The SMILES string of the molecule is Cc1ccsc1CNC(=O)c1ccc(F)cc1I. The molecule has 2 aromatic rings. The molecule has 0 spiro atoms. The molecule has 0 atom stereocenters. The highest BCUT2D eigenvalue weighted by Gasteiger charge is 2.11. The Morgan fingerprint density at radius 1 is 1.44 bits per heavy atom. The van der Waals surface area contributed by atoms with Gasteiger partial charge in [0.2, 0.25) is 0 Å². The van der Waals surface area contributed by atoms with Crippen LogP contribution in [0.5, 0.6) is 0 Å². The van der Waals surface area contributed by atoms with Crippen LogP contribution in [0.1, 0.15) is 20.8 Å². The van der Waals surface area contributed by atoms with Crippen molar-refractivity contribution >= 4 is 39.8 Å². The molecule has 5 heteroatoms. The maximum absolute atomic E-state index is 12.9. The summed E-state index contributed by atoms with van der Waals surface area (Å²) in [4.78, 5) is 13.1. The molecule has 0 bridgehead atoms. The smallest absolute Gasteiger partial charge is 0.252 e. The second kappa shape index (κ2) is 5.79. The molecular weight excluding hydrogens is 364 g/mol. The predicted molar refractivity (Wildman–Crippen MR) is 79.3 cm³/mol. The van der Waals surface area contributed by atoms with Gasteiger partial charge in [-0.05, 0) is 64.7 Å². The molecule has 0 aliphatic heterocycles. The molecule has 94 valence electrons. The third kappa shape index (κ3) is 3.08. The lowest BCUT2D eigenvalue weighted by Gasteiger charge is -2.06. The third-order valence-corrected chi connectivity index (χ3v) is 4.47. The lowest BCUT2D eigenvalue weighted by molar-refractivity contribution is 0.0950. The number of hydrogen-bond acceptors (Lipinski definition) is 2. The molecular formula is C13H11FINOS. The zero-order valence-electron chi connectivity index (χ0n) is 9.67. The van der Waals surface area contributed by atoms with Gasteiger partial charge in [-0.15, -0.1) is 11.3 Å². The van der Waals surface area contributed by atoms with Crippen LogP contribution in [0.25, 0.3) is 0 Å². The van der Waals surface area contributed by atoms with Gasteiger partial charge < -0.3 is 5.32 Å². The second-order valence-corrected chi connectivity index (χ2v) is 6.00. The van der Waals surface area contributed by atoms with Crippen LogP contribution in [-0.4, -0.2) is 5.91 Å². The molecule has 0 radical (unpaired) electrons. The molecule has 1 aromatic carbocycles. The molecule has 0 fully saturated rings. The van der Waals surface area contributed by atoms with Gasteiger partial charge in [0.05, 0.1) is 12.1 Å². The van der Waals surface area contributed by atoms with E-state index < -0.39 is 0 Å². The number of nitrogens with one attached hydrogen (secondary N) is 1. The topological polar surface area (TPSA) is 29.1 Å². The number of halogens is 2. The molecule has 18 heavy (non-hydrogen) atoms. The average Bonchev–Trinajstić information content (AvgIpc) is 2.72. The van der Waals surface area contributed by atoms with Gasteiger partial charge in [-0.3, -0.25) is 4.79 Å². The van der Waals surface area contributed by atoms with E-state index in [9.17, 15) is 9.18 Å². The van der Waals surface area contributed by atoms with E-state index in [0.29, 0.717) is 15.7 Å². The summed E-state index contributed by atoms with van der Waals surface area (Å²) in [7, 11) is 0. The first-order chi connectivity index (χ1) is 8.58. The number of benzene rings is 1. The van der Waals surface area contributed by atoms with Gasteiger partial charge in [-0.25, -0.2) is 4.39 Å². The summed E-state index contributed by atoms with van der Waals surface area (Å²) in [5, 5.41) is 4.85. The zero-order valence-corrected chi connectivity index (χ0v) is 12.6. The van der Waals surface area contributed by atoms with E-state index in [0.717, 1.165) is 4.88 Å². The minimum Gasteiger partial charge on any atom is -0.347 e. The maximum Gasteiger partial charge on any atom is 0.252 e. The fourth-order valence-corrected chi connectivity index (χ4v) is 3.08. The Hall–Kier alpha value is -0.950. The molecule has 0 saturated carbocycles. The number of carbonyl (C=O) groups is 1. The normalized spacial score (nSPS) is 10.4. The van der Waals surface area contributed by atoms with Crippen LogP contribution < -0.4 is 5.32 Å². The fraction of sp³-hybridized carbons (Fsp3) is 0.154. The number of rotatable bonds is 3. The van der Waals surface area contributed by atoms with Gasteiger partial charge in [0.15, 0.2) is 0 Å². The summed E-state index contributed by atoms with van der Waals surface area (Å²) < 4.78 is 13.6. The lowest BCUT2D eigenvalue weighted by atomic mass is 10.2. The molecule has 0 aliphatic rings. The third-order valence-electron chi connectivity index (χ3n) is 2.55. The summed E-state index contributed by atoms with van der Waals surface area (Å²) in [6.07, 6.45) is 0. The van der Waals surface area contributed by atoms with Crippen LogP contribution >= 0.6 is 33.9 Å². The van der Waals surface area contributed by atoms with Crippen LogP contribution in [0.15, 0.2) is 29.6 Å². The van der Waals surface area contributed by atoms with Crippen molar-refractivity contribution in [2.75, 3.05) is 0 Å². The molecule has 0 aliphatic carbocycles. The molecule has 0 unspecified atom stereocenters. The zero-order chi connectivity index (χ0) is 13.1. The predicted octanol–water partition coefficient (Wildman–Crippen LogP) is 3.73. The first-order valence-electron chi connectivity index (χ1n) is 5.34. The van der Waals surface area contributed by atoms with Crippen molar-refractivity contribution in [1.29, 1.82) is 0 Å². The Bertz CT molecular complexity index is 582. The van der Waals surface area contributed by atoms with Gasteiger partial charge in [0.25, 0.3) is 5.91 Å². The highest BCUT2D eigenvalue weighted by atomic mass is 127. The number of aryl methyl sites for hydroxylation is 1. The van der Waals surface area contributed by atoms with Crippen LogP contribution in [0.4, 0.5) is 4.39 Å². The fourth-order valence-electron chi connectivity index (χ4n) is 1.51. The molecule has 1 N–H and O–H groups in total. The van der Waals surface area contributed by atoms with Crippen molar-refractivity contribution in [3.63, 3.8) is 0 Å². The van der Waals surface area contributed by atoms with Gasteiger partial charge in [0, 0.05) is 8.45 Å². The van der Waals surface area contributed by atoms with Crippen molar-refractivity contribution in [2.45, 2.75) is 13.5 Å². The van der Waals surface area contributed by atoms with Gasteiger partial charge in [0.1, 0.15) is 5.82 Å². The summed E-state index contributed by atoms with van der Waals surface area (Å²) >= 11 is 3.58. The van der Waals surface area contributed by atoms with E-state index in [1.54, 1.807) is 11.3 Å². The summed E-state index contributed by atoms with van der Waals surface area (Å²) in [6, 6.07) is 6.18. The highest BCUT2D eigenvalue weighted by Crippen LogP contribution is 2.17. The minimum absolute atomic E-state index is 0.174. The molecule has 1 heterocycles. The Balaban J connectivity index is 2.06. The van der Waals surface area contributed by atoms with Gasteiger partial charge in [-0.1, -0.05) is 0 Å². The standard InChI is InChI=1S/C13H11FINOS/c1-8-4-5-18-12(8)7-16-13(17)10-3-2-9(14)6-11(10)15/h2-6H,7H2,1H3,(H,16,17). The maximum atomic E-state index is 12.9. The molecule has 1 amide bonds. The Morgan fingerprint density at radius 2 is 2.22 bits per heavy atom. The Kier molecular flexibility index (Phi) is 4.34. The average molecular weight is 375 g/mol. The second-order valence-electron chi connectivity index (χ2n) is 3.83. The van der Waals surface area contributed by atoms with Crippen molar-refractivity contribution < 1.29 is 9.18 Å². The first-order valence-corrected chi connectivity index (χ1v) is 7.30. The number of hydrogen-bond donors (Lipinski definition) is 1. The van der Waals surface area contributed by atoms with E-state index in [4.69, 9.17) is 0 Å². The first kappa shape index (κ1) is 13.5. The van der Waals surface area contributed by atoms with Crippen molar-refractivity contribution in [2.24, 2.45) is 0 Å². The van der Waals surface area contributed by atoms with Gasteiger partial charge in [-0.2, -0.15) is 0 Å². The van der Waals surface area contributed by atoms with E-state index in [1.165, 1.54) is 23.8 Å². The summed E-state index contributed by atoms with van der Waals surface area (Å²) in [5.74, 6) is -0.503. The van der Waals surface area contributed by atoms with Crippen LogP contribution in [0.3, 0.4) is 0 Å². The van der Waals surface area contributed by atoms with E-state index in [1.807, 2.05) is 41.0 Å². The quantitative estimate of drug-likeness (QED) is 0.814. The van der Waals surface area contributed by atoms with E-state index in [2.05, 4.69) is 5.32 Å². The van der Waals surface area contributed by atoms with Crippen LogP contribution in [0, 0.1) is 16.3 Å². The summed E-state index contributed by atoms with van der Waals surface area (Å²) in [5.41, 5.74) is 1.68. The van der Waals surface area contributed by atoms with Crippen molar-refractivity contribution in [1.82, 2.24) is 5.32 Å². The minimum atomic E-state index is -0.329. The summed E-state index contributed by atoms with van der Waals surface area (Å²) in [6.45, 7) is 2.52. The van der Waals surface area contributed by atoms with Gasteiger partial charge >= 0.3 is 0 Å². The Morgan fingerprint density at radius 3 is 2.83 bits per heavy atom. The van der Waals surface area contributed by atoms with Crippen LogP contribution in [-0.2, 0) is 6.54 Å². The number of amides is 1. The molecule has 2 nitrogen and oxygen atoms in total. The van der Waals surface area contributed by atoms with E-state index >= 15 is 0 Å². The highest BCUT2D eigenvalue weighted by molar-refractivity contribution is 14.1. The molecule has 2 rings (SSSR count). The number of carbonyl (C=O) groups excluding carboxylic acids is 1. The van der Waals surface area contributed by atoms with Crippen molar-refractivity contribution in [3.05, 3.63) is 55.0 Å². The van der Waals surface area contributed by atoms with Crippen molar-refractivity contribution in [3.8, 4) is 0 Å². The lowest BCUT2D eigenvalue weighted by Crippen LogP contribution is -2.23. The molecule has 1 aromatic heterocycles.